The van der Waals surface area contributed by atoms with E-state index in [9.17, 15) is 4.79 Å². The van der Waals surface area contributed by atoms with Gasteiger partial charge >= 0.3 is 0 Å². The van der Waals surface area contributed by atoms with Crippen LogP contribution in [0.1, 0.15) is 40.5 Å². The van der Waals surface area contributed by atoms with E-state index >= 15 is 0 Å². The van der Waals surface area contributed by atoms with Crippen LogP contribution in [0.5, 0.6) is 0 Å². The minimum absolute atomic E-state index is 0.163. The second kappa shape index (κ2) is 7.09. The van der Waals surface area contributed by atoms with E-state index in [-0.39, 0.29) is 5.91 Å². The predicted molar refractivity (Wildman–Crippen MR) is 98.9 cm³/mol. The smallest absolute Gasteiger partial charge is 0.256 e. The standard InChI is InChI=1S/C20H20N4O2/c1-26-12-15-5-2-3-8-17(15)20(25)21-16-7-4-6-14(11-16)19-22-18(23-24-19)13-9-10-13/h2-8,11,13H,9-10,12H2,1H3,(H,21,25)(H,22,23,24). The Labute approximate surface area is 151 Å². The van der Waals surface area contributed by atoms with Crippen LogP contribution in [0.3, 0.4) is 0 Å². The zero-order chi connectivity index (χ0) is 17.9. The Morgan fingerprint density at radius 3 is 2.88 bits per heavy atom. The van der Waals surface area contributed by atoms with Crippen molar-refractivity contribution >= 4 is 11.6 Å². The van der Waals surface area contributed by atoms with Crippen LogP contribution in [0.2, 0.25) is 0 Å². The molecular formula is C20H20N4O2. The topological polar surface area (TPSA) is 79.9 Å². The number of nitrogens with one attached hydrogen (secondary N) is 2. The van der Waals surface area contributed by atoms with Crippen molar-refractivity contribution in [2.75, 3.05) is 12.4 Å². The van der Waals surface area contributed by atoms with Crippen LogP contribution in [-0.2, 0) is 11.3 Å². The van der Waals surface area contributed by atoms with Gasteiger partial charge in [-0.3, -0.25) is 9.89 Å². The number of anilines is 1. The first-order chi connectivity index (χ1) is 12.7. The Balaban J connectivity index is 1.54. The molecule has 6 nitrogen and oxygen atoms in total. The zero-order valence-electron chi connectivity index (χ0n) is 14.5. The Bertz CT molecular complexity index is 931. The number of aromatic nitrogens is 3. The number of carbonyl (C=O) groups excluding carboxylic acids is 1. The van der Waals surface area contributed by atoms with Crippen molar-refractivity contribution in [1.29, 1.82) is 0 Å². The number of hydrogen-bond acceptors (Lipinski definition) is 4. The number of benzene rings is 2. The van der Waals surface area contributed by atoms with Gasteiger partial charge in [0.2, 0.25) is 0 Å². The summed E-state index contributed by atoms with van der Waals surface area (Å²) in [4.78, 5) is 17.2. The van der Waals surface area contributed by atoms with Gasteiger partial charge in [0.05, 0.1) is 6.61 Å². The molecule has 0 bridgehead atoms. The average Bonchev–Trinajstić information content (AvgIpc) is 3.39. The lowest BCUT2D eigenvalue weighted by Gasteiger charge is -2.10. The van der Waals surface area contributed by atoms with Gasteiger partial charge < -0.3 is 10.1 Å². The van der Waals surface area contributed by atoms with E-state index in [1.165, 1.54) is 12.8 Å². The van der Waals surface area contributed by atoms with Gasteiger partial charge in [-0.05, 0) is 36.6 Å². The summed E-state index contributed by atoms with van der Waals surface area (Å²) in [5, 5.41) is 10.3. The quantitative estimate of drug-likeness (QED) is 0.711. The number of methoxy groups -OCH3 is 1. The number of amides is 1. The first kappa shape index (κ1) is 16.5. The SMILES string of the molecule is COCc1ccccc1C(=O)Nc1cccc(-c2n[nH]c(C3CC3)n2)c1. The average molecular weight is 348 g/mol. The Morgan fingerprint density at radius 2 is 2.08 bits per heavy atom. The number of H-pyrrole nitrogens is 1. The lowest BCUT2D eigenvalue weighted by atomic mass is 10.1. The third kappa shape index (κ3) is 3.50. The number of rotatable bonds is 6. The van der Waals surface area contributed by atoms with E-state index in [4.69, 9.17) is 4.74 Å². The summed E-state index contributed by atoms with van der Waals surface area (Å²) >= 11 is 0. The molecule has 0 saturated heterocycles. The summed E-state index contributed by atoms with van der Waals surface area (Å²) in [5.74, 6) is 1.96. The summed E-state index contributed by atoms with van der Waals surface area (Å²) in [6.07, 6.45) is 2.34. The molecule has 1 aliphatic carbocycles. The largest absolute Gasteiger partial charge is 0.380 e. The molecule has 0 spiro atoms. The van der Waals surface area contributed by atoms with E-state index in [2.05, 4.69) is 20.5 Å². The van der Waals surface area contributed by atoms with Gasteiger partial charge in [-0.15, -0.1) is 0 Å². The van der Waals surface area contributed by atoms with Crippen LogP contribution >= 0.6 is 0 Å². The summed E-state index contributed by atoms with van der Waals surface area (Å²) in [6.45, 7) is 0.394. The Kier molecular flexibility index (Phi) is 4.50. The highest BCUT2D eigenvalue weighted by Crippen LogP contribution is 2.38. The highest BCUT2D eigenvalue weighted by atomic mass is 16.5. The van der Waals surface area contributed by atoms with Crippen LogP contribution < -0.4 is 5.32 Å². The molecule has 26 heavy (non-hydrogen) atoms. The minimum atomic E-state index is -0.163. The highest BCUT2D eigenvalue weighted by molar-refractivity contribution is 6.05. The molecule has 1 heterocycles. The maximum atomic E-state index is 12.7. The Morgan fingerprint density at radius 1 is 1.23 bits per heavy atom. The van der Waals surface area contributed by atoms with Crippen molar-refractivity contribution in [3.63, 3.8) is 0 Å². The van der Waals surface area contributed by atoms with Crippen molar-refractivity contribution in [3.05, 3.63) is 65.5 Å². The molecule has 1 aromatic heterocycles. The first-order valence-electron chi connectivity index (χ1n) is 8.65. The van der Waals surface area contributed by atoms with Gasteiger partial charge in [0.15, 0.2) is 5.82 Å². The number of carbonyl (C=O) groups is 1. The number of nitrogens with zero attached hydrogens (tertiary/aromatic N) is 2. The van der Waals surface area contributed by atoms with Crippen molar-refractivity contribution in [1.82, 2.24) is 15.2 Å². The molecule has 0 unspecified atom stereocenters. The summed E-state index contributed by atoms with van der Waals surface area (Å²) in [6, 6.07) is 15.0. The maximum Gasteiger partial charge on any atom is 0.256 e. The van der Waals surface area contributed by atoms with E-state index in [1.54, 1.807) is 13.2 Å². The lowest BCUT2D eigenvalue weighted by Crippen LogP contribution is -2.14. The normalized spacial score (nSPS) is 13.6. The van der Waals surface area contributed by atoms with Crippen LogP contribution in [0.25, 0.3) is 11.4 Å². The van der Waals surface area contributed by atoms with Crippen LogP contribution in [0, 0.1) is 0 Å². The van der Waals surface area contributed by atoms with Gasteiger partial charge in [0.25, 0.3) is 5.91 Å². The van der Waals surface area contributed by atoms with E-state index < -0.39 is 0 Å². The summed E-state index contributed by atoms with van der Waals surface area (Å²) < 4.78 is 5.17. The minimum Gasteiger partial charge on any atom is -0.380 e. The molecule has 4 rings (SSSR count). The van der Waals surface area contributed by atoms with Gasteiger partial charge in [0, 0.05) is 29.8 Å². The first-order valence-corrected chi connectivity index (χ1v) is 8.65. The summed E-state index contributed by atoms with van der Waals surface area (Å²) in [5.41, 5.74) is 3.04. The fraction of sp³-hybridized carbons (Fsp3) is 0.250. The molecule has 3 aromatic rings. The number of hydrogen-bond donors (Lipinski definition) is 2. The maximum absolute atomic E-state index is 12.7. The monoisotopic (exact) mass is 348 g/mol. The molecule has 0 radical (unpaired) electrons. The number of ether oxygens (including phenoxy) is 1. The van der Waals surface area contributed by atoms with Gasteiger partial charge in [0.1, 0.15) is 5.82 Å². The highest BCUT2D eigenvalue weighted by Gasteiger charge is 2.27. The molecule has 1 fully saturated rings. The third-order valence-corrected chi connectivity index (χ3v) is 4.41. The molecule has 2 aromatic carbocycles. The van der Waals surface area contributed by atoms with Crippen LogP contribution in [0.15, 0.2) is 48.5 Å². The van der Waals surface area contributed by atoms with Gasteiger partial charge in [-0.2, -0.15) is 5.10 Å². The Hall–Kier alpha value is -2.99. The molecule has 0 atom stereocenters. The fourth-order valence-corrected chi connectivity index (χ4v) is 2.90. The van der Waals surface area contributed by atoms with Crippen LogP contribution in [-0.4, -0.2) is 28.2 Å². The molecule has 2 N–H and O–H groups in total. The second-order valence-electron chi connectivity index (χ2n) is 6.44. The summed E-state index contributed by atoms with van der Waals surface area (Å²) in [7, 11) is 1.62. The van der Waals surface area contributed by atoms with Crippen LogP contribution in [0.4, 0.5) is 5.69 Å². The lowest BCUT2D eigenvalue weighted by molar-refractivity contribution is 0.102. The van der Waals surface area contributed by atoms with Crippen molar-refractivity contribution in [2.24, 2.45) is 0 Å². The van der Waals surface area contributed by atoms with E-state index in [0.717, 1.165) is 17.0 Å². The zero-order valence-corrected chi connectivity index (χ0v) is 14.5. The van der Waals surface area contributed by atoms with Crippen molar-refractivity contribution < 1.29 is 9.53 Å². The van der Waals surface area contributed by atoms with Crippen molar-refractivity contribution in [3.8, 4) is 11.4 Å². The molecule has 1 saturated carbocycles. The van der Waals surface area contributed by atoms with E-state index in [1.807, 2.05) is 42.5 Å². The second-order valence-corrected chi connectivity index (χ2v) is 6.44. The third-order valence-electron chi connectivity index (χ3n) is 4.41. The van der Waals surface area contributed by atoms with Gasteiger partial charge in [-0.1, -0.05) is 30.3 Å². The molecule has 0 aliphatic heterocycles. The number of aromatic amines is 1. The molecular weight excluding hydrogens is 328 g/mol. The van der Waals surface area contributed by atoms with Crippen molar-refractivity contribution in [2.45, 2.75) is 25.4 Å². The van der Waals surface area contributed by atoms with Gasteiger partial charge in [-0.25, -0.2) is 4.98 Å². The van der Waals surface area contributed by atoms with E-state index in [0.29, 0.717) is 29.6 Å². The predicted octanol–water partition coefficient (Wildman–Crippen LogP) is 3.75. The molecule has 1 aliphatic rings. The fourth-order valence-electron chi connectivity index (χ4n) is 2.90. The molecule has 132 valence electrons. The molecule has 6 heteroatoms. The molecule has 1 amide bonds.